The quantitative estimate of drug-likeness (QED) is 0.0701. The van der Waals surface area contributed by atoms with Gasteiger partial charge < -0.3 is 53.6 Å². The van der Waals surface area contributed by atoms with Gasteiger partial charge in [-0.3, -0.25) is 24.0 Å². The summed E-state index contributed by atoms with van der Waals surface area (Å²) in [5, 5.41) is 23.2. The lowest BCUT2D eigenvalue weighted by atomic mass is 10.0. The lowest BCUT2D eigenvalue weighted by Crippen LogP contribution is -2.59. The molecule has 2 rings (SSSR count). The van der Waals surface area contributed by atoms with E-state index in [1.54, 1.807) is 36.4 Å². The Bertz CT molecular complexity index is 1360. The third-order valence-corrected chi connectivity index (χ3v) is 8.61. The number of aliphatic carboxylic acids is 1. The number of nitrogens with two attached hydrogens (primary N) is 3. The van der Waals surface area contributed by atoms with E-state index in [9.17, 15) is 33.9 Å². The van der Waals surface area contributed by atoms with Crippen LogP contribution in [0, 0.1) is 5.92 Å². The van der Waals surface area contributed by atoms with Crippen LogP contribution in [0.3, 0.4) is 0 Å². The highest BCUT2D eigenvalue weighted by Crippen LogP contribution is 2.14. The molecule has 0 aliphatic carbocycles. The van der Waals surface area contributed by atoms with Gasteiger partial charge in [-0.2, -0.15) is 0 Å². The number of methoxy groups -OCH3 is 1. The van der Waals surface area contributed by atoms with Gasteiger partial charge in [0.15, 0.2) is 0 Å². The Morgan fingerprint density at radius 1 is 0.827 bits per heavy atom. The maximum absolute atomic E-state index is 14.0. The molecule has 0 fully saturated rings. The summed E-state index contributed by atoms with van der Waals surface area (Å²) in [7, 11) is 1.51. The first-order valence-electron chi connectivity index (χ1n) is 18.0. The fourth-order valence-electron chi connectivity index (χ4n) is 5.60. The highest BCUT2D eigenvalue weighted by atomic mass is 16.5. The standard InChI is InChI=1S/C36H58N8O8/c1-22(2)20-30(36(50)51)44-35(49)29(21-23-14-16-24(52-3)17-15-23)43-34(48)27-11-5-4-10-25(39)31(45)40-26(12-6-8-18-37)32(46)42-28(33(47)41-27)13-7-9-19-38/h4-5,14-17,22,25-30H,6-13,18-21,37-39H2,1-3H3,(H,40,45)(H,41,47)(H,42,46)(H,43,48)(H,44,49)(H,50,51)/b5-4+/t25-,26-,27-,28-,29-,30-/m0/s1. The minimum atomic E-state index is -1.23. The van der Waals surface area contributed by atoms with E-state index < -0.39 is 71.8 Å². The van der Waals surface area contributed by atoms with Crippen LogP contribution in [0.15, 0.2) is 36.4 Å². The average Bonchev–Trinajstić information content (AvgIpc) is 3.10. The second-order valence-corrected chi connectivity index (χ2v) is 13.4. The monoisotopic (exact) mass is 730 g/mol. The summed E-state index contributed by atoms with van der Waals surface area (Å²) < 4.78 is 5.22. The first-order valence-corrected chi connectivity index (χ1v) is 18.0. The second kappa shape index (κ2) is 23.1. The van der Waals surface area contributed by atoms with Gasteiger partial charge >= 0.3 is 5.97 Å². The molecule has 6 atom stereocenters. The van der Waals surface area contributed by atoms with Gasteiger partial charge in [-0.05, 0) is 94.5 Å². The van der Waals surface area contributed by atoms with E-state index in [4.69, 9.17) is 21.9 Å². The van der Waals surface area contributed by atoms with Crippen molar-refractivity contribution in [2.75, 3.05) is 20.2 Å². The Hall–Kier alpha value is -4.54. The van der Waals surface area contributed by atoms with E-state index in [1.807, 2.05) is 13.8 Å². The predicted octanol–water partition coefficient (Wildman–Crippen LogP) is -0.272. The minimum Gasteiger partial charge on any atom is -0.497 e. The van der Waals surface area contributed by atoms with E-state index in [-0.39, 0.29) is 44.4 Å². The van der Waals surface area contributed by atoms with E-state index in [0.29, 0.717) is 50.1 Å². The molecule has 0 spiro atoms. The van der Waals surface area contributed by atoms with Gasteiger partial charge in [0.1, 0.15) is 36.0 Å². The Labute approximate surface area is 305 Å². The number of unbranched alkanes of at least 4 members (excludes halogenated alkanes) is 2. The summed E-state index contributed by atoms with van der Waals surface area (Å²) >= 11 is 0. The molecular weight excluding hydrogens is 672 g/mol. The largest absolute Gasteiger partial charge is 0.497 e. The van der Waals surface area contributed by atoms with Crippen LogP contribution in [-0.4, -0.2) is 97.1 Å². The molecule has 12 N–H and O–H groups in total. The number of ether oxygens (including phenoxy) is 1. The molecule has 290 valence electrons. The summed E-state index contributed by atoms with van der Waals surface area (Å²) in [5.74, 6) is -3.87. The zero-order chi connectivity index (χ0) is 38.6. The molecule has 1 aromatic carbocycles. The summed E-state index contributed by atoms with van der Waals surface area (Å²) in [4.78, 5) is 79.8. The van der Waals surface area contributed by atoms with Crippen molar-refractivity contribution < 1.29 is 38.6 Å². The lowest BCUT2D eigenvalue weighted by Gasteiger charge is -2.27. The molecule has 0 saturated heterocycles. The van der Waals surface area contributed by atoms with Crippen molar-refractivity contribution in [1.29, 1.82) is 0 Å². The molecule has 16 heteroatoms. The summed E-state index contributed by atoms with van der Waals surface area (Å²) in [6.07, 6.45) is 6.14. The van der Waals surface area contributed by atoms with Crippen molar-refractivity contribution in [1.82, 2.24) is 26.6 Å². The molecule has 0 saturated carbocycles. The number of carbonyl (C=O) groups excluding carboxylic acids is 5. The number of carboxylic acids is 1. The number of carbonyl (C=O) groups is 6. The highest BCUT2D eigenvalue weighted by molar-refractivity contribution is 5.96. The van der Waals surface area contributed by atoms with Crippen LogP contribution in [-0.2, 0) is 35.2 Å². The lowest BCUT2D eigenvalue weighted by molar-refractivity contribution is -0.142. The van der Waals surface area contributed by atoms with Crippen LogP contribution < -0.4 is 48.5 Å². The molecule has 0 bridgehead atoms. The van der Waals surface area contributed by atoms with Crippen LogP contribution in [0.4, 0.5) is 0 Å². The van der Waals surface area contributed by atoms with Gasteiger partial charge in [-0.1, -0.05) is 38.1 Å². The third-order valence-electron chi connectivity index (χ3n) is 8.61. The molecule has 0 aromatic heterocycles. The number of hydrogen-bond donors (Lipinski definition) is 9. The number of benzene rings is 1. The summed E-state index contributed by atoms with van der Waals surface area (Å²) in [5.41, 5.74) is 18.1. The van der Waals surface area contributed by atoms with Gasteiger partial charge in [-0.15, -0.1) is 0 Å². The van der Waals surface area contributed by atoms with E-state index in [2.05, 4.69) is 26.6 Å². The summed E-state index contributed by atoms with van der Waals surface area (Å²) in [6, 6.07) is 0.155. The molecule has 1 aromatic rings. The van der Waals surface area contributed by atoms with E-state index >= 15 is 0 Å². The second-order valence-electron chi connectivity index (χ2n) is 13.4. The Morgan fingerprint density at radius 2 is 1.38 bits per heavy atom. The maximum Gasteiger partial charge on any atom is 0.326 e. The Morgan fingerprint density at radius 3 is 1.92 bits per heavy atom. The minimum absolute atomic E-state index is 0.000623. The molecule has 1 aliphatic rings. The molecule has 0 unspecified atom stereocenters. The predicted molar refractivity (Wildman–Crippen MR) is 196 cm³/mol. The van der Waals surface area contributed by atoms with Crippen LogP contribution in [0.1, 0.15) is 77.2 Å². The first-order chi connectivity index (χ1) is 24.8. The van der Waals surface area contributed by atoms with Gasteiger partial charge in [0.25, 0.3) is 0 Å². The van der Waals surface area contributed by atoms with Crippen molar-refractivity contribution in [3.8, 4) is 5.75 Å². The van der Waals surface area contributed by atoms with Crippen LogP contribution >= 0.6 is 0 Å². The van der Waals surface area contributed by atoms with Crippen molar-refractivity contribution in [3.05, 3.63) is 42.0 Å². The van der Waals surface area contributed by atoms with Gasteiger partial charge in [0, 0.05) is 6.42 Å². The number of amides is 5. The molecule has 16 nitrogen and oxygen atoms in total. The topological polar surface area (TPSA) is 270 Å². The van der Waals surface area contributed by atoms with Crippen LogP contribution in [0.2, 0.25) is 0 Å². The third kappa shape index (κ3) is 15.4. The number of carboxylic acid groups (broad SMARTS) is 1. The average molecular weight is 731 g/mol. The molecule has 0 radical (unpaired) electrons. The fraction of sp³-hybridized carbons (Fsp3) is 0.611. The molecule has 1 heterocycles. The zero-order valence-corrected chi connectivity index (χ0v) is 30.5. The fourth-order valence-corrected chi connectivity index (χ4v) is 5.60. The van der Waals surface area contributed by atoms with Crippen molar-refractivity contribution in [2.45, 2.75) is 114 Å². The number of nitrogens with one attached hydrogen (secondary N) is 5. The first kappa shape index (κ1) is 43.6. The number of rotatable bonds is 18. The van der Waals surface area contributed by atoms with Crippen LogP contribution in [0.5, 0.6) is 5.75 Å². The maximum atomic E-state index is 14.0. The van der Waals surface area contributed by atoms with Crippen molar-refractivity contribution >= 4 is 35.5 Å². The smallest absolute Gasteiger partial charge is 0.326 e. The number of hydrogen-bond acceptors (Lipinski definition) is 10. The van der Waals surface area contributed by atoms with Crippen molar-refractivity contribution in [2.24, 2.45) is 23.1 Å². The highest BCUT2D eigenvalue weighted by Gasteiger charge is 2.33. The zero-order valence-electron chi connectivity index (χ0n) is 30.5. The molecule has 52 heavy (non-hydrogen) atoms. The van der Waals surface area contributed by atoms with Crippen LogP contribution in [0.25, 0.3) is 0 Å². The molecular formula is C36H58N8O8. The SMILES string of the molecule is COc1ccc(C[C@H](NC(=O)[C@@H]2C/C=C/C[C@H](N)C(=O)N[C@@H](CCCCN)C(=O)N[C@@H](CCCCN)C(=O)N2)C(=O)N[C@@H](CC(C)C)C(=O)O)cc1. The van der Waals surface area contributed by atoms with E-state index in [0.717, 1.165) is 0 Å². The van der Waals surface area contributed by atoms with Gasteiger partial charge in [-0.25, -0.2) is 4.79 Å². The Kier molecular flexibility index (Phi) is 19.4. The molecule has 1 aliphatic heterocycles. The van der Waals surface area contributed by atoms with E-state index in [1.165, 1.54) is 7.11 Å². The molecule has 5 amide bonds. The van der Waals surface area contributed by atoms with Gasteiger partial charge in [0.2, 0.25) is 29.5 Å². The summed E-state index contributed by atoms with van der Waals surface area (Å²) in [6.45, 7) is 4.43. The van der Waals surface area contributed by atoms with Gasteiger partial charge in [0.05, 0.1) is 13.2 Å². The normalized spacial score (nSPS) is 21.8. The Balaban J connectivity index is 2.44. The van der Waals surface area contributed by atoms with Crippen molar-refractivity contribution in [3.63, 3.8) is 0 Å².